The molecule has 0 aliphatic heterocycles. The van der Waals surface area contributed by atoms with Crippen LogP contribution in [-0.2, 0) is 0 Å². The van der Waals surface area contributed by atoms with Gasteiger partial charge in [0.05, 0.1) is 0 Å². The van der Waals surface area contributed by atoms with Gasteiger partial charge in [-0.15, -0.1) is 0 Å². The van der Waals surface area contributed by atoms with Gasteiger partial charge in [-0.05, 0) is 37.6 Å². The second kappa shape index (κ2) is 7.14. The van der Waals surface area contributed by atoms with Crippen molar-refractivity contribution in [3.8, 4) is 0 Å². The monoisotopic (exact) mass is 315 g/mol. The molecule has 0 saturated carbocycles. The van der Waals surface area contributed by atoms with Crippen LogP contribution < -0.4 is 0 Å². The molecule has 0 N–H and O–H groups in total. The molecule has 1 heterocycles. The Labute approximate surface area is 142 Å². The van der Waals surface area contributed by atoms with Crippen LogP contribution in [0.15, 0.2) is 88.5 Å². The predicted octanol–water partition coefficient (Wildman–Crippen LogP) is 6.43. The van der Waals surface area contributed by atoms with Gasteiger partial charge in [0.2, 0.25) is 0 Å². The number of para-hydroxylation sites is 1. The summed E-state index contributed by atoms with van der Waals surface area (Å²) in [5.74, 6) is 0. The average molecular weight is 315 g/mol. The zero-order valence-corrected chi connectivity index (χ0v) is 14.1. The molecule has 0 unspecified atom stereocenters. The number of hydrogen-bond acceptors (Lipinski definition) is 2. The third kappa shape index (κ3) is 3.38. The van der Waals surface area contributed by atoms with Crippen LogP contribution in [0.5, 0.6) is 0 Å². The van der Waals surface area contributed by atoms with Gasteiger partial charge < -0.3 is 4.42 Å². The van der Waals surface area contributed by atoms with E-state index in [-0.39, 0.29) is 0 Å². The van der Waals surface area contributed by atoms with Gasteiger partial charge in [0, 0.05) is 28.6 Å². The first kappa shape index (κ1) is 16.0. The van der Waals surface area contributed by atoms with Gasteiger partial charge in [-0.1, -0.05) is 55.1 Å². The molecule has 0 radical (unpaired) electrons. The van der Waals surface area contributed by atoms with Gasteiger partial charge in [0.1, 0.15) is 11.2 Å². The summed E-state index contributed by atoms with van der Waals surface area (Å²) >= 11 is 0. The standard InChI is InChI=1S/C22H21NO/c1-4-5-6-7-10-16(2)23-17(3)18-13-14-20-19-11-8-9-12-21(19)24-22(20)15-18/h4-9,11-15H,2,10H2,1,3H3/b5-4-,7-6-,23-17?. The van der Waals surface area contributed by atoms with Crippen LogP contribution in [0.25, 0.3) is 21.9 Å². The highest BCUT2D eigenvalue weighted by Crippen LogP contribution is 2.29. The summed E-state index contributed by atoms with van der Waals surface area (Å²) in [6, 6.07) is 14.3. The molecule has 24 heavy (non-hydrogen) atoms. The van der Waals surface area contributed by atoms with E-state index in [0.717, 1.165) is 45.3 Å². The first-order valence-electron chi connectivity index (χ1n) is 8.11. The van der Waals surface area contributed by atoms with Crippen LogP contribution in [0.2, 0.25) is 0 Å². The fourth-order valence-corrected chi connectivity index (χ4v) is 2.69. The van der Waals surface area contributed by atoms with Crippen LogP contribution in [0.4, 0.5) is 0 Å². The molecule has 0 saturated heterocycles. The highest BCUT2D eigenvalue weighted by atomic mass is 16.3. The molecule has 2 aromatic carbocycles. The lowest BCUT2D eigenvalue weighted by molar-refractivity contribution is 0.669. The summed E-state index contributed by atoms with van der Waals surface area (Å²) in [5.41, 5.74) is 4.65. The number of hydrogen-bond donors (Lipinski definition) is 0. The normalized spacial score (nSPS) is 12.8. The van der Waals surface area contributed by atoms with Crippen molar-refractivity contribution in [2.75, 3.05) is 0 Å². The number of fused-ring (bicyclic) bond motifs is 3. The van der Waals surface area contributed by atoms with Crippen molar-refractivity contribution in [3.05, 3.63) is 84.6 Å². The van der Waals surface area contributed by atoms with E-state index in [0.29, 0.717) is 0 Å². The second-order valence-corrected chi connectivity index (χ2v) is 5.73. The van der Waals surface area contributed by atoms with Crippen molar-refractivity contribution < 1.29 is 4.42 Å². The highest BCUT2D eigenvalue weighted by molar-refractivity contribution is 6.08. The van der Waals surface area contributed by atoms with E-state index >= 15 is 0 Å². The Hall–Kier alpha value is -2.87. The SMILES string of the molecule is C=C(C/C=C\C=C/C)N=C(C)c1ccc2c(c1)oc1ccccc12. The number of furan rings is 1. The van der Waals surface area contributed by atoms with E-state index in [1.165, 1.54) is 0 Å². The maximum Gasteiger partial charge on any atom is 0.136 e. The maximum absolute atomic E-state index is 5.94. The van der Waals surface area contributed by atoms with E-state index in [4.69, 9.17) is 4.42 Å². The molecule has 0 aliphatic rings. The van der Waals surface area contributed by atoms with Crippen molar-refractivity contribution in [2.24, 2.45) is 4.99 Å². The quantitative estimate of drug-likeness (QED) is 0.393. The van der Waals surface area contributed by atoms with Gasteiger partial charge in [-0.25, -0.2) is 0 Å². The smallest absolute Gasteiger partial charge is 0.136 e. The van der Waals surface area contributed by atoms with Gasteiger partial charge >= 0.3 is 0 Å². The zero-order valence-electron chi connectivity index (χ0n) is 14.1. The van der Waals surface area contributed by atoms with Crippen molar-refractivity contribution >= 4 is 27.7 Å². The summed E-state index contributed by atoms with van der Waals surface area (Å²) < 4.78 is 5.94. The fraction of sp³-hybridized carbons (Fsp3) is 0.136. The molecule has 0 bridgehead atoms. The molecular weight excluding hydrogens is 294 g/mol. The molecule has 0 fully saturated rings. The second-order valence-electron chi connectivity index (χ2n) is 5.73. The Morgan fingerprint density at radius 1 is 1.08 bits per heavy atom. The van der Waals surface area contributed by atoms with Crippen molar-refractivity contribution in [2.45, 2.75) is 20.3 Å². The lowest BCUT2D eigenvalue weighted by atomic mass is 10.1. The summed E-state index contributed by atoms with van der Waals surface area (Å²) in [4.78, 5) is 4.61. The molecule has 0 aliphatic carbocycles. The predicted molar refractivity (Wildman–Crippen MR) is 104 cm³/mol. The molecule has 3 rings (SSSR count). The summed E-state index contributed by atoms with van der Waals surface area (Å²) in [6.45, 7) is 8.03. The number of allylic oxidation sites excluding steroid dienone is 4. The molecule has 120 valence electrons. The van der Waals surface area contributed by atoms with E-state index in [9.17, 15) is 0 Å². The van der Waals surface area contributed by atoms with Gasteiger partial charge in [0.15, 0.2) is 0 Å². The lowest BCUT2D eigenvalue weighted by Gasteiger charge is -2.02. The molecule has 0 amide bonds. The lowest BCUT2D eigenvalue weighted by Crippen LogP contribution is -1.94. The average Bonchev–Trinajstić information content (AvgIpc) is 2.96. The Kier molecular flexibility index (Phi) is 4.76. The van der Waals surface area contributed by atoms with Crippen molar-refractivity contribution in [3.63, 3.8) is 0 Å². The van der Waals surface area contributed by atoms with Gasteiger partial charge in [-0.2, -0.15) is 0 Å². The van der Waals surface area contributed by atoms with Crippen LogP contribution in [-0.4, -0.2) is 5.71 Å². The van der Waals surface area contributed by atoms with Crippen molar-refractivity contribution in [1.29, 1.82) is 0 Å². The molecule has 2 heteroatoms. The molecule has 0 atom stereocenters. The molecule has 3 aromatic rings. The Balaban J connectivity index is 1.87. The summed E-state index contributed by atoms with van der Waals surface area (Å²) in [6.07, 6.45) is 8.81. The number of rotatable bonds is 5. The van der Waals surface area contributed by atoms with E-state index in [1.54, 1.807) is 0 Å². The third-order valence-corrected chi connectivity index (χ3v) is 3.92. The van der Waals surface area contributed by atoms with Gasteiger partial charge in [-0.3, -0.25) is 4.99 Å². The Morgan fingerprint density at radius 2 is 1.88 bits per heavy atom. The minimum Gasteiger partial charge on any atom is -0.456 e. The molecular formula is C22H21NO. The van der Waals surface area contributed by atoms with Gasteiger partial charge in [0.25, 0.3) is 0 Å². The number of aliphatic imine (C=N–C) groups is 1. The molecule has 2 nitrogen and oxygen atoms in total. The maximum atomic E-state index is 5.94. The minimum absolute atomic E-state index is 0.745. The number of benzene rings is 2. The first-order valence-corrected chi connectivity index (χ1v) is 8.11. The Bertz CT molecular complexity index is 970. The fourth-order valence-electron chi connectivity index (χ4n) is 2.69. The molecule has 0 spiro atoms. The molecule has 1 aromatic heterocycles. The summed E-state index contributed by atoms with van der Waals surface area (Å²) in [5, 5.41) is 2.28. The van der Waals surface area contributed by atoms with E-state index in [1.807, 2.05) is 50.3 Å². The van der Waals surface area contributed by atoms with Crippen LogP contribution in [0.1, 0.15) is 25.8 Å². The third-order valence-electron chi connectivity index (χ3n) is 3.92. The zero-order chi connectivity index (χ0) is 16.9. The number of nitrogens with zero attached hydrogens (tertiary/aromatic N) is 1. The highest BCUT2D eigenvalue weighted by Gasteiger charge is 2.08. The van der Waals surface area contributed by atoms with E-state index < -0.39 is 0 Å². The van der Waals surface area contributed by atoms with Crippen molar-refractivity contribution in [1.82, 2.24) is 0 Å². The summed E-state index contributed by atoms with van der Waals surface area (Å²) in [7, 11) is 0. The minimum atomic E-state index is 0.745. The van der Waals surface area contributed by atoms with Crippen LogP contribution in [0, 0.1) is 0 Å². The van der Waals surface area contributed by atoms with Crippen LogP contribution in [0.3, 0.4) is 0 Å². The Morgan fingerprint density at radius 3 is 2.71 bits per heavy atom. The van der Waals surface area contributed by atoms with Crippen LogP contribution >= 0.6 is 0 Å². The topological polar surface area (TPSA) is 25.5 Å². The van der Waals surface area contributed by atoms with E-state index in [2.05, 4.69) is 41.9 Å². The largest absolute Gasteiger partial charge is 0.456 e. The first-order chi connectivity index (χ1) is 11.7.